The van der Waals surface area contributed by atoms with Crippen molar-refractivity contribution in [2.45, 2.75) is 38.6 Å². The smallest absolute Gasteiger partial charge is 0.252 e. The summed E-state index contributed by atoms with van der Waals surface area (Å²) in [5.74, 6) is 0.426. The van der Waals surface area contributed by atoms with Crippen LogP contribution in [0.1, 0.15) is 38.7 Å². The SMILES string of the molecule is CCC1c2cccc3c2N(c2cccc4c2B3c2ccc(N(c3ccccc3)c3ccccc3)cc2N4c2cccc(N(c3ccccc3)c3ccccc3)c2)C1(C)C. The fourth-order valence-electron chi connectivity index (χ4n) is 10.5. The molecule has 284 valence electrons. The minimum Gasteiger partial charge on any atom is -0.336 e. The second-order valence-electron chi connectivity index (χ2n) is 16.5. The maximum atomic E-state index is 2.69. The zero-order valence-electron chi connectivity index (χ0n) is 33.7. The quantitative estimate of drug-likeness (QED) is 0.143. The van der Waals surface area contributed by atoms with E-state index in [-0.39, 0.29) is 12.3 Å². The summed E-state index contributed by atoms with van der Waals surface area (Å²) in [6.45, 7) is 7.31. The molecular formula is C54H45BN4. The van der Waals surface area contributed by atoms with Crippen LogP contribution in [0.15, 0.2) is 200 Å². The Labute approximate surface area is 348 Å². The van der Waals surface area contributed by atoms with Gasteiger partial charge in [0.05, 0.1) is 0 Å². The van der Waals surface area contributed by atoms with Gasteiger partial charge in [-0.05, 0) is 133 Å². The zero-order valence-corrected chi connectivity index (χ0v) is 33.7. The summed E-state index contributed by atoms with van der Waals surface area (Å²) >= 11 is 0. The molecule has 3 aliphatic heterocycles. The van der Waals surface area contributed by atoms with Crippen molar-refractivity contribution in [2.75, 3.05) is 19.6 Å². The van der Waals surface area contributed by atoms with Gasteiger partial charge in [-0.15, -0.1) is 0 Å². The molecule has 0 radical (unpaired) electrons. The van der Waals surface area contributed by atoms with Crippen LogP contribution in [0.2, 0.25) is 0 Å². The second-order valence-corrected chi connectivity index (χ2v) is 16.5. The fraction of sp³-hybridized carbons (Fsp3) is 0.111. The highest BCUT2D eigenvalue weighted by Gasteiger charge is 2.52. The van der Waals surface area contributed by atoms with Gasteiger partial charge in [-0.3, -0.25) is 0 Å². The molecule has 3 aliphatic rings. The molecule has 4 nitrogen and oxygen atoms in total. The zero-order chi connectivity index (χ0) is 39.7. The van der Waals surface area contributed by atoms with Crippen molar-refractivity contribution in [3.63, 3.8) is 0 Å². The van der Waals surface area contributed by atoms with E-state index >= 15 is 0 Å². The van der Waals surface area contributed by atoms with Crippen molar-refractivity contribution in [1.29, 1.82) is 0 Å². The average Bonchev–Trinajstić information content (AvgIpc) is 3.52. The number of rotatable bonds is 8. The third kappa shape index (κ3) is 5.45. The van der Waals surface area contributed by atoms with Crippen LogP contribution in [0.3, 0.4) is 0 Å². The van der Waals surface area contributed by atoms with Crippen LogP contribution in [-0.2, 0) is 0 Å². The number of para-hydroxylation sites is 5. The van der Waals surface area contributed by atoms with E-state index in [9.17, 15) is 0 Å². The molecular weight excluding hydrogens is 715 g/mol. The number of hydrogen-bond acceptors (Lipinski definition) is 4. The normalized spacial score (nSPS) is 15.3. The molecule has 3 heterocycles. The van der Waals surface area contributed by atoms with Gasteiger partial charge >= 0.3 is 0 Å². The number of nitrogens with zero attached hydrogens (tertiary/aromatic N) is 4. The van der Waals surface area contributed by atoms with Gasteiger partial charge in [-0.2, -0.15) is 0 Å². The van der Waals surface area contributed by atoms with Crippen LogP contribution in [0.5, 0.6) is 0 Å². The molecule has 8 aromatic carbocycles. The van der Waals surface area contributed by atoms with Crippen LogP contribution >= 0.6 is 0 Å². The highest BCUT2D eigenvalue weighted by Crippen LogP contribution is 2.55. The van der Waals surface area contributed by atoms with E-state index in [0.29, 0.717) is 5.92 Å². The molecule has 0 saturated heterocycles. The van der Waals surface area contributed by atoms with Crippen molar-refractivity contribution in [1.82, 2.24) is 0 Å². The van der Waals surface area contributed by atoms with E-state index in [1.54, 1.807) is 0 Å². The van der Waals surface area contributed by atoms with Crippen molar-refractivity contribution in [3.8, 4) is 0 Å². The predicted molar refractivity (Wildman–Crippen MR) is 251 cm³/mol. The summed E-state index contributed by atoms with van der Waals surface area (Å²) in [5.41, 5.74) is 18.4. The Kier molecular flexibility index (Phi) is 8.26. The molecule has 11 rings (SSSR count). The molecule has 0 aromatic heterocycles. The lowest BCUT2D eigenvalue weighted by Crippen LogP contribution is -2.63. The lowest BCUT2D eigenvalue weighted by atomic mass is 9.33. The summed E-state index contributed by atoms with van der Waals surface area (Å²) in [6.07, 6.45) is 1.09. The molecule has 1 atom stereocenters. The highest BCUT2D eigenvalue weighted by atomic mass is 15.3. The third-order valence-electron chi connectivity index (χ3n) is 12.9. The van der Waals surface area contributed by atoms with Crippen LogP contribution in [-0.4, -0.2) is 12.3 Å². The first-order chi connectivity index (χ1) is 29.0. The summed E-state index contributed by atoms with van der Waals surface area (Å²) < 4.78 is 0. The Morgan fingerprint density at radius 2 is 0.983 bits per heavy atom. The van der Waals surface area contributed by atoms with Crippen molar-refractivity contribution < 1.29 is 0 Å². The van der Waals surface area contributed by atoms with Gasteiger partial charge in [-0.1, -0.05) is 116 Å². The first kappa shape index (κ1) is 35.2. The van der Waals surface area contributed by atoms with Crippen molar-refractivity contribution in [3.05, 3.63) is 206 Å². The molecule has 5 heteroatoms. The molecule has 0 fully saturated rings. The van der Waals surface area contributed by atoms with Gasteiger partial charge in [0.2, 0.25) is 0 Å². The van der Waals surface area contributed by atoms with Crippen molar-refractivity contribution in [2.24, 2.45) is 0 Å². The number of benzene rings is 8. The molecule has 0 N–H and O–H groups in total. The van der Waals surface area contributed by atoms with E-state index in [4.69, 9.17) is 0 Å². The van der Waals surface area contributed by atoms with Crippen LogP contribution in [0.4, 0.5) is 62.6 Å². The molecule has 0 bridgehead atoms. The Balaban J connectivity index is 1.17. The average molecular weight is 761 g/mol. The second kappa shape index (κ2) is 13.8. The molecule has 0 amide bonds. The first-order valence-corrected chi connectivity index (χ1v) is 20.9. The van der Waals surface area contributed by atoms with E-state index in [0.717, 1.165) is 46.2 Å². The van der Waals surface area contributed by atoms with Gasteiger partial charge in [0.15, 0.2) is 0 Å². The Morgan fingerprint density at radius 1 is 0.475 bits per heavy atom. The number of fused-ring (bicyclic) bond motifs is 4. The summed E-state index contributed by atoms with van der Waals surface area (Å²) in [7, 11) is 0. The van der Waals surface area contributed by atoms with Gasteiger partial charge in [0.1, 0.15) is 0 Å². The van der Waals surface area contributed by atoms with Gasteiger partial charge < -0.3 is 19.6 Å². The minimum atomic E-state index is -0.0834. The molecule has 0 spiro atoms. The molecule has 59 heavy (non-hydrogen) atoms. The Hall–Kier alpha value is -6.98. The highest BCUT2D eigenvalue weighted by molar-refractivity contribution is 7.00. The summed E-state index contributed by atoms with van der Waals surface area (Å²) in [4.78, 5) is 9.96. The number of anilines is 11. The predicted octanol–water partition coefficient (Wildman–Crippen LogP) is 12.7. The lowest BCUT2D eigenvalue weighted by Gasteiger charge is -2.47. The topological polar surface area (TPSA) is 13.0 Å². The molecule has 0 aliphatic carbocycles. The third-order valence-corrected chi connectivity index (χ3v) is 12.9. The molecule has 0 saturated carbocycles. The van der Waals surface area contributed by atoms with Crippen LogP contribution in [0, 0.1) is 0 Å². The summed E-state index contributed by atoms with van der Waals surface area (Å²) in [5, 5.41) is 0. The monoisotopic (exact) mass is 760 g/mol. The van der Waals surface area contributed by atoms with Gasteiger partial charge in [-0.25, -0.2) is 0 Å². The molecule has 1 unspecified atom stereocenters. The first-order valence-electron chi connectivity index (χ1n) is 20.9. The van der Waals surface area contributed by atoms with E-state index in [1.165, 1.54) is 44.7 Å². The van der Waals surface area contributed by atoms with E-state index in [1.807, 2.05) is 0 Å². The summed E-state index contributed by atoms with van der Waals surface area (Å²) in [6, 6.07) is 73.2. The Bertz CT molecular complexity index is 2750. The van der Waals surface area contributed by atoms with Crippen molar-refractivity contribution >= 4 is 85.7 Å². The maximum absolute atomic E-state index is 2.69. The number of hydrogen-bond donors (Lipinski definition) is 0. The Morgan fingerprint density at radius 3 is 1.56 bits per heavy atom. The van der Waals surface area contributed by atoms with Gasteiger partial charge in [0, 0.05) is 74.0 Å². The van der Waals surface area contributed by atoms with E-state index in [2.05, 4.69) is 241 Å². The van der Waals surface area contributed by atoms with Crippen LogP contribution in [0.25, 0.3) is 0 Å². The molecule has 8 aromatic rings. The van der Waals surface area contributed by atoms with Crippen LogP contribution < -0.4 is 36.0 Å². The minimum absolute atomic E-state index is 0.0781. The largest absolute Gasteiger partial charge is 0.336 e. The van der Waals surface area contributed by atoms with Gasteiger partial charge in [0.25, 0.3) is 6.71 Å². The lowest BCUT2D eigenvalue weighted by molar-refractivity contribution is 0.424. The van der Waals surface area contributed by atoms with E-state index < -0.39 is 0 Å². The maximum Gasteiger partial charge on any atom is 0.252 e. The standard InChI is InChI=1S/C54H45BN4/c1-4-46-45-30-18-31-48-53(45)59(54(46,2)3)50-33-19-32-49-52(50)55(48)47-35-34-44(57(40-24-13-7-14-25-40)41-26-15-8-16-27-41)37-51(47)58(49)43-29-17-28-42(36-43)56(38-20-9-5-10-21-38)39-22-11-6-12-23-39/h5-37,46H,4H2,1-3H3. The fourth-order valence-corrected chi connectivity index (χ4v) is 10.5.